The molecular weight excluding hydrogens is 460 g/mol. The first-order chi connectivity index (χ1) is 16.5. The molecule has 0 saturated heterocycles. The third-order valence-corrected chi connectivity index (χ3v) is 5.32. The monoisotopic (exact) mass is 490 g/mol. The van der Waals surface area contributed by atoms with Crippen molar-refractivity contribution in [3.63, 3.8) is 0 Å². The summed E-state index contributed by atoms with van der Waals surface area (Å²) in [5.41, 5.74) is 12.5. The predicted molar refractivity (Wildman–Crippen MR) is 125 cm³/mol. The first kappa shape index (κ1) is 27.3. The average molecular weight is 491 g/mol. The van der Waals surface area contributed by atoms with Gasteiger partial charge in [0.1, 0.15) is 18.1 Å². The SMILES string of the molecule is CC(NC(=O)C(Cc1c[nH]c2ccccc12)NC(=O)C(N)CCC(N)=O)C(=O)NC(CO)C(=O)O. The molecule has 1 aromatic carbocycles. The minimum Gasteiger partial charge on any atom is -0.480 e. The van der Waals surface area contributed by atoms with E-state index >= 15 is 0 Å². The van der Waals surface area contributed by atoms with E-state index < -0.39 is 60.4 Å². The van der Waals surface area contributed by atoms with E-state index in [1.54, 1.807) is 6.20 Å². The molecule has 0 aliphatic rings. The van der Waals surface area contributed by atoms with E-state index in [2.05, 4.69) is 20.9 Å². The van der Waals surface area contributed by atoms with Crippen molar-refractivity contribution in [1.82, 2.24) is 20.9 Å². The number of rotatable bonds is 13. The average Bonchev–Trinajstić information content (AvgIpc) is 3.22. The molecule has 2 rings (SSSR count). The van der Waals surface area contributed by atoms with E-state index in [4.69, 9.17) is 21.7 Å². The molecule has 10 N–H and O–H groups in total. The number of hydrogen-bond donors (Lipinski definition) is 8. The Hall–Kier alpha value is -3.97. The fraction of sp³-hybridized carbons (Fsp3) is 0.409. The fourth-order valence-corrected chi connectivity index (χ4v) is 3.30. The molecule has 1 heterocycles. The number of hydrogen-bond acceptors (Lipinski definition) is 7. The van der Waals surface area contributed by atoms with Crippen LogP contribution in [0.15, 0.2) is 30.5 Å². The van der Waals surface area contributed by atoms with Crippen LogP contribution in [0.25, 0.3) is 10.9 Å². The quantitative estimate of drug-likeness (QED) is 0.154. The van der Waals surface area contributed by atoms with Gasteiger partial charge in [-0.05, 0) is 25.0 Å². The fourth-order valence-electron chi connectivity index (χ4n) is 3.30. The zero-order valence-electron chi connectivity index (χ0n) is 19.1. The zero-order chi connectivity index (χ0) is 26.1. The van der Waals surface area contributed by atoms with Gasteiger partial charge in [-0.1, -0.05) is 18.2 Å². The van der Waals surface area contributed by atoms with Crippen molar-refractivity contribution in [3.05, 3.63) is 36.0 Å². The second-order valence-corrected chi connectivity index (χ2v) is 8.05. The molecule has 13 heteroatoms. The number of H-pyrrole nitrogens is 1. The third kappa shape index (κ3) is 7.79. The highest BCUT2D eigenvalue weighted by atomic mass is 16.4. The van der Waals surface area contributed by atoms with Crippen LogP contribution < -0.4 is 27.4 Å². The van der Waals surface area contributed by atoms with Crippen molar-refractivity contribution in [2.45, 2.75) is 50.4 Å². The Bertz CT molecular complexity index is 1090. The number of aromatic nitrogens is 1. The number of primary amides is 1. The van der Waals surface area contributed by atoms with Gasteiger partial charge in [-0.2, -0.15) is 0 Å². The number of benzene rings is 1. The lowest BCUT2D eigenvalue weighted by Gasteiger charge is -2.23. The van der Waals surface area contributed by atoms with Crippen molar-refractivity contribution in [1.29, 1.82) is 0 Å². The van der Waals surface area contributed by atoms with Crippen LogP contribution in [-0.4, -0.2) is 75.6 Å². The summed E-state index contributed by atoms with van der Waals surface area (Å²) in [6, 6.07) is 2.38. The molecule has 35 heavy (non-hydrogen) atoms. The number of amides is 4. The van der Waals surface area contributed by atoms with Crippen LogP contribution in [0.1, 0.15) is 25.3 Å². The lowest BCUT2D eigenvalue weighted by Crippen LogP contribution is -2.57. The van der Waals surface area contributed by atoms with E-state index in [-0.39, 0.29) is 19.3 Å². The van der Waals surface area contributed by atoms with Crippen molar-refractivity contribution in [3.8, 4) is 0 Å². The Balaban J connectivity index is 2.17. The zero-order valence-corrected chi connectivity index (χ0v) is 19.1. The number of carbonyl (C=O) groups is 5. The van der Waals surface area contributed by atoms with Gasteiger partial charge in [0.2, 0.25) is 23.6 Å². The van der Waals surface area contributed by atoms with Crippen molar-refractivity contribution >= 4 is 40.5 Å². The molecule has 0 fully saturated rings. The highest BCUT2D eigenvalue weighted by molar-refractivity contribution is 5.94. The van der Waals surface area contributed by atoms with Crippen LogP contribution in [0, 0.1) is 0 Å². The van der Waals surface area contributed by atoms with Crippen molar-refractivity contribution < 1.29 is 34.2 Å². The summed E-state index contributed by atoms with van der Waals surface area (Å²) in [7, 11) is 0. The molecule has 0 aliphatic carbocycles. The normalized spacial score (nSPS) is 14.4. The second kappa shape index (κ2) is 12.5. The number of aliphatic carboxylic acids is 1. The summed E-state index contributed by atoms with van der Waals surface area (Å²) in [4.78, 5) is 63.0. The summed E-state index contributed by atoms with van der Waals surface area (Å²) in [5.74, 6) is -4.30. The van der Waals surface area contributed by atoms with E-state index in [0.29, 0.717) is 0 Å². The van der Waals surface area contributed by atoms with Gasteiger partial charge in [0.15, 0.2) is 0 Å². The third-order valence-electron chi connectivity index (χ3n) is 5.32. The number of aliphatic hydroxyl groups excluding tert-OH is 1. The molecule has 0 aliphatic heterocycles. The Kier molecular flexibility index (Phi) is 9.73. The number of carboxylic acid groups (broad SMARTS) is 1. The minimum absolute atomic E-state index is 0.0147. The number of aliphatic hydroxyl groups is 1. The predicted octanol–water partition coefficient (Wildman–Crippen LogP) is -2.15. The molecular formula is C22H30N6O7. The van der Waals surface area contributed by atoms with Crippen LogP contribution in [0.3, 0.4) is 0 Å². The van der Waals surface area contributed by atoms with Gasteiger partial charge in [-0.15, -0.1) is 0 Å². The van der Waals surface area contributed by atoms with Crippen LogP contribution in [-0.2, 0) is 30.4 Å². The maximum atomic E-state index is 13.0. The molecule has 4 atom stereocenters. The van der Waals surface area contributed by atoms with Gasteiger partial charge >= 0.3 is 5.97 Å². The molecule has 0 radical (unpaired) electrons. The minimum atomic E-state index is -1.54. The topological polar surface area (TPSA) is 230 Å². The molecule has 2 aromatic rings. The second-order valence-electron chi connectivity index (χ2n) is 8.05. The van der Waals surface area contributed by atoms with Crippen LogP contribution in [0.2, 0.25) is 0 Å². The van der Waals surface area contributed by atoms with E-state index in [1.807, 2.05) is 24.3 Å². The number of aromatic amines is 1. The summed E-state index contributed by atoms with van der Waals surface area (Å²) in [5, 5.41) is 26.0. The van der Waals surface area contributed by atoms with E-state index in [1.165, 1.54) is 6.92 Å². The van der Waals surface area contributed by atoms with Gasteiger partial charge < -0.3 is 42.6 Å². The van der Waals surface area contributed by atoms with E-state index in [0.717, 1.165) is 16.5 Å². The summed E-state index contributed by atoms with van der Waals surface area (Å²) in [6.45, 7) is 0.497. The summed E-state index contributed by atoms with van der Waals surface area (Å²) < 4.78 is 0. The maximum absolute atomic E-state index is 13.0. The number of nitrogens with one attached hydrogen (secondary N) is 4. The standard InChI is InChI=1S/C22H30N6O7/c1-11(19(31)28-17(10-29)22(34)35)26-21(33)16(27-20(32)14(23)6-7-18(24)30)8-12-9-25-15-5-3-2-4-13(12)15/h2-5,9,11,14,16-17,25,29H,6-8,10,23H2,1H3,(H2,24,30)(H,26,33)(H,27,32)(H,28,31)(H,34,35). The highest BCUT2D eigenvalue weighted by Gasteiger charge is 2.29. The molecule has 1 aromatic heterocycles. The van der Waals surface area contributed by atoms with E-state index in [9.17, 15) is 24.0 Å². The number of nitrogens with two attached hydrogens (primary N) is 2. The number of carbonyl (C=O) groups excluding carboxylic acids is 4. The molecule has 0 saturated carbocycles. The Morgan fingerprint density at radius 3 is 2.29 bits per heavy atom. The molecule has 190 valence electrons. The van der Waals surface area contributed by atoms with Crippen LogP contribution >= 0.6 is 0 Å². The smallest absolute Gasteiger partial charge is 0.328 e. The van der Waals surface area contributed by atoms with Crippen LogP contribution in [0.4, 0.5) is 0 Å². The first-order valence-electron chi connectivity index (χ1n) is 10.9. The van der Waals surface area contributed by atoms with Gasteiger partial charge in [0.25, 0.3) is 0 Å². The molecule has 0 bridgehead atoms. The van der Waals surface area contributed by atoms with Gasteiger partial charge in [-0.25, -0.2) is 4.79 Å². The molecule has 4 amide bonds. The molecule has 4 unspecified atom stereocenters. The van der Waals surface area contributed by atoms with Gasteiger partial charge in [-0.3, -0.25) is 19.2 Å². The van der Waals surface area contributed by atoms with Gasteiger partial charge in [0.05, 0.1) is 12.6 Å². The van der Waals surface area contributed by atoms with Crippen LogP contribution in [0.5, 0.6) is 0 Å². The first-order valence-corrected chi connectivity index (χ1v) is 10.9. The molecule has 0 spiro atoms. The number of para-hydroxylation sites is 1. The summed E-state index contributed by atoms with van der Waals surface area (Å²) in [6.07, 6.45) is 1.62. The Morgan fingerprint density at radius 1 is 1.00 bits per heavy atom. The van der Waals surface area contributed by atoms with Crippen molar-refractivity contribution in [2.24, 2.45) is 11.5 Å². The van der Waals surface area contributed by atoms with Gasteiger partial charge in [0, 0.05) is 29.9 Å². The maximum Gasteiger partial charge on any atom is 0.328 e. The number of fused-ring (bicyclic) bond motifs is 1. The Labute approximate surface area is 200 Å². The lowest BCUT2D eigenvalue weighted by atomic mass is 10.0. The largest absolute Gasteiger partial charge is 0.480 e. The highest BCUT2D eigenvalue weighted by Crippen LogP contribution is 2.19. The molecule has 13 nitrogen and oxygen atoms in total. The summed E-state index contributed by atoms with van der Waals surface area (Å²) >= 11 is 0. The Morgan fingerprint density at radius 2 is 1.66 bits per heavy atom. The lowest BCUT2D eigenvalue weighted by molar-refractivity contribution is -0.143. The van der Waals surface area contributed by atoms with Crippen molar-refractivity contribution in [2.75, 3.05) is 6.61 Å². The number of carboxylic acids is 1.